The maximum Gasteiger partial charge on any atom is 0.414 e. The quantitative estimate of drug-likeness (QED) is 0.747. The Hall–Kier alpha value is -3.39. The van der Waals surface area contributed by atoms with E-state index in [0.717, 1.165) is 11.1 Å². The van der Waals surface area contributed by atoms with Gasteiger partial charge in [-0.15, -0.1) is 0 Å². The summed E-state index contributed by atoms with van der Waals surface area (Å²) in [4.78, 5) is 42.8. The van der Waals surface area contributed by atoms with Gasteiger partial charge in [-0.05, 0) is 62.6 Å². The molecule has 2 aliphatic heterocycles. The average molecular weight is 466 g/mol. The molecule has 2 atom stereocenters. The van der Waals surface area contributed by atoms with Crippen LogP contribution in [-0.4, -0.2) is 65.8 Å². The Balaban J connectivity index is 1.66. The van der Waals surface area contributed by atoms with Crippen molar-refractivity contribution in [3.63, 3.8) is 0 Å². The van der Waals surface area contributed by atoms with Crippen LogP contribution in [0.5, 0.6) is 0 Å². The van der Waals surface area contributed by atoms with Crippen LogP contribution in [0.4, 0.5) is 16.2 Å². The number of likely N-dealkylation sites (tertiary alicyclic amines) is 1. The number of anilines is 2. The van der Waals surface area contributed by atoms with E-state index in [1.165, 1.54) is 6.92 Å². The van der Waals surface area contributed by atoms with Crippen molar-refractivity contribution >= 4 is 29.3 Å². The van der Waals surface area contributed by atoms with Gasteiger partial charge in [0.05, 0.1) is 29.6 Å². The zero-order valence-electron chi connectivity index (χ0n) is 20.0. The number of ether oxygens (including phenoxy) is 1. The lowest BCUT2D eigenvalue weighted by Gasteiger charge is -2.40. The van der Waals surface area contributed by atoms with Gasteiger partial charge in [-0.2, -0.15) is 0 Å². The molecule has 1 fully saturated rings. The van der Waals surface area contributed by atoms with E-state index in [0.29, 0.717) is 43.0 Å². The van der Waals surface area contributed by atoms with Gasteiger partial charge in [0.15, 0.2) is 0 Å². The van der Waals surface area contributed by atoms with E-state index >= 15 is 0 Å². The van der Waals surface area contributed by atoms with Gasteiger partial charge < -0.3 is 19.6 Å². The molecule has 8 heteroatoms. The van der Waals surface area contributed by atoms with Crippen molar-refractivity contribution in [1.82, 2.24) is 4.90 Å². The number of carbonyl (C=O) groups excluding carboxylic acids is 3. The van der Waals surface area contributed by atoms with Gasteiger partial charge in [-0.3, -0.25) is 14.5 Å². The molecule has 2 aromatic carbocycles. The number of fused-ring (bicyclic) bond motifs is 1. The van der Waals surface area contributed by atoms with Crippen LogP contribution >= 0.6 is 0 Å². The summed E-state index contributed by atoms with van der Waals surface area (Å²) in [5.41, 5.74) is 3.58. The summed E-state index contributed by atoms with van der Waals surface area (Å²) < 4.78 is 5.46. The average Bonchev–Trinajstić information content (AvgIpc) is 3.23. The molecular weight excluding hydrogens is 434 g/mol. The number of rotatable bonds is 3. The standard InChI is InChI=1S/C26H31N3O5/c1-16(2)34-26(33)28-14-17(3)29(18(4)30)23-10-9-21(13-24(23)28)19-5-7-20(8-6-19)25(32)27-12-11-22(31)15-27/h5-10,13,16-17,22,31H,11-12,14-15H2,1-4H3/t17-,22+/m0/s1. The van der Waals surface area contributed by atoms with Gasteiger partial charge >= 0.3 is 6.09 Å². The van der Waals surface area contributed by atoms with Crippen molar-refractivity contribution in [2.24, 2.45) is 0 Å². The minimum atomic E-state index is -0.457. The predicted molar refractivity (Wildman–Crippen MR) is 130 cm³/mol. The zero-order valence-corrected chi connectivity index (χ0v) is 20.0. The first kappa shape index (κ1) is 23.8. The Bertz CT molecular complexity index is 1100. The lowest BCUT2D eigenvalue weighted by Crippen LogP contribution is -2.51. The molecule has 0 unspecified atom stereocenters. The molecule has 8 nitrogen and oxygen atoms in total. The maximum absolute atomic E-state index is 12.9. The molecule has 180 valence electrons. The van der Waals surface area contributed by atoms with E-state index in [2.05, 4.69) is 0 Å². The number of amides is 3. The highest BCUT2D eigenvalue weighted by Gasteiger charge is 2.35. The lowest BCUT2D eigenvalue weighted by molar-refractivity contribution is -0.117. The molecule has 34 heavy (non-hydrogen) atoms. The Kier molecular flexibility index (Phi) is 6.61. The summed E-state index contributed by atoms with van der Waals surface area (Å²) in [6, 6.07) is 12.7. The number of benzene rings is 2. The Morgan fingerprint density at radius 2 is 1.68 bits per heavy atom. The smallest absolute Gasteiger partial charge is 0.414 e. The summed E-state index contributed by atoms with van der Waals surface area (Å²) in [5, 5.41) is 9.71. The van der Waals surface area contributed by atoms with Gasteiger partial charge in [0.25, 0.3) is 5.91 Å². The van der Waals surface area contributed by atoms with Gasteiger partial charge in [-0.1, -0.05) is 18.2 Å². The molecule has 4 rings (SSSR count). The van der Waals surface area contributed by atoms with Crippen LogP contribution in [0.1, 0.15) is 44.5 Å². The molecule has 2 heterocycles. The third kappa shape index (κ3) is 4.63. The van der Waals surface area contributed by atoms with E-state index in [9.17, 15) is 19.5 Å². The van der Waals surface area contributed by atoms with E-state index < -0.39 is 12.2 Å². The highest BCUT2D eigenvalue weighted by Crippen LogP contribution is 2.39. The fourth-order valence-corrected chi connectivity index (χ4v) is 4.64. The van der Waals surface area contributed by atoms with E-state index in [1.807, 2.05) is 37.3 Å². The van der Waals surface area contributed by atoms with Crippen LogP contribution in [-0.2, 0) is 9.53 Å². The minimum Gasteiger partial charge on any atom is -0.446 e. The van der Waals surface area contributed by atoms with Crippen LogP contribution < -0.4 is 9.80 Å². The Morgan fingerprint density at radius 3 is 2.26 bits per heavy atom. The van der Waals surface area contributed by atoms with Gasteiger partial charge in [0, 0.05) is 32.1 Å². The normalized spacial score (nSPS) is 19.9. The summed E-state index contributed by atoms with van der Waals surface area (Å²) in [6.07, 6.45) is -0.564. The van der Waals surface area contributed by atoms with Gasteiger partial charge in [0.1, 0.15) is 0 Å². The summed E-state index contributed by atoms with van der Waals surface area (Å²) in [6.45, 7) is 8.27. The second-order valence-electron chi connectivity index (χ2n) is 9.26. The number of nitrogens with zero attached hydrogens (tertiary/aromatic N) is 3. The van der Waals surface area contributed by atoms with Crippen molar-refractivity contribution in [3.8, 4) is 11.1 Å². The van der Waals surface area contributed by atoms with Gasteiger partial charge in [0.2, 0.25) is 5.91 Å². The molecular formula is C26H31N3O5. The van der Waals surface area contributed by atoms with Crippen LogP contribution in [0.15, 0.2) is 42.5 Å². The molecule has 0 saturated carbocycles. The molecule has 0 aromatic heterocycles. The third-order valence-corrected chi connectivity index (χ3v) is 6.23. The molecule has 1 N–H and O–H groups in total. The first-order valence-corrected chi connectivity index (χ1v) is 11.7. The highest BCUT2D eigenvalue weighted by atomic mass is 16.6. The summed E-state index contributed by atoms with van der Waals surface area (Å²) >= 11 is 0. The van der Waals surface area contributed by atoms with Crippen molar-refractivity contribution in [2.45, 2.75) is 52.4 Å². The third-order valence-electron chi connectivity index (χ3n) is 6.23. The van der Waals surface area contributed by atoms with E-state index in [4.69, 9.17) is 4.74 Å². The first-order valence-electron chi connectivity index (χ1n) is 11.7. The largest absolute Gasteiger partial charge is 0.446 e. The Morgan fingerprint density at radius 1 is 1.00 bits per heavy atom. The number of hydrogen-bond donors (Lipinski definition) is 1. The number of β-amino-alcohol motifs (C(OH)–C–C–N with tert-alkyl or cyclic N) is 1. The molecule has 0 spiro atoms. The van der Waals surface area contributed by atoms with Crippen molar-refractivity contribution in [1.29, 1.82) is 0 Å². The molecule has 0 aliphatic carbocycles. The van der Waals surface area contributed by atoms with Gasteiger partial charge in [-0.25, -0.2) is 4.79 Å². The summed E-state index contributed by atoms with van der Waals surface area (Å²) in [5.74, 6) is -0.185. The topological polar surface area (TPSA) is 90.4 Å². The zero-order chi connectivity index (χ0) is 24.6. The molecule has 0 bridgehead atoms. The number of hydrogen-bond acceptors (Lipinski definition) is 5. The van der Waals surface area contributed by atoms with Crippen LogP contribution in [0.2, 0.25) is 0 Å². The SMILES string of the molecule is CC(=O)N1c2ccc(-c3ccc(C(=O)N4CC[C@@H](O)C4)cc3)cc2N(C(=O)OC(C)C)C[C@@H]1C. The second kappa shape index (κ2) is 9.46. The van der Waals surface area contributed by atoms with Crippen LogP contribution in [0.3, 0.4) is 0 Å². The van der Waals surface area contributed by atoms with Crippen LogP contribution in [0, 0.1) is 0 Å². The van der Waals surface area contributed by atoms with Crippen molar-refractivity contribution < 1.29 is 24.2 Å². The summed E-state index contributed by atoms with van der Waals surface area (Å²) in [7, 11) is 0. The van der Waals surface area contributed by atoms with Crippen molar-refractivity contribution in [2.75, 3.05) is 29.4 Å². The molecule has 2 aromatic rings. The maximum atomic E-state index is 12.9. The van der Waals surface area contributed by atoms with E-state index in [-0.39, 0.29) is 24.0 Å². The minimum absolute atomic E-state index is 0.0896. The second-order valence-corrected chi connectivity index (χ2v) is 9.26. The molecule has 3 amide bonds. The number of carbonyl (C=O) groups is 3. The van der Waals surface area contributed by atoms with Crippen molar-refractivity contribution in [3.05, 3.63) is 48.0 Å². The predicted octanol–water partition coefficient (Wildman–Crippen LogP) is 3.67. The fourth-order valence-electron chi connectivity index (χ4n) is 4.64. The lowest BCUT2D eigenvalue weighted by atomic mass is 9.99. The number of aliphatic hydroxyl groups is 1. The molecule has 2 aliphatic rings. The van der Waals surface area contributed by atoms with E-state index in [1.54, 1.807) is 40.7 Å². The fraction of sp³-hybridized carbons (Fsp3) is 0.423. The monoisotopic (exact) mass is 465 g/mol. The van der Waals surface area contributed by atoms with Crippen LogP contribution in [0.25, 0.3) is 11.1 Å². The Labute approximate surface area is 199 Å². The number of aliphatic hydroxyl groups excluding tert-OH is 1. The first-order chi connectivity index (χ1) is 16.2. The highest BCUT2D eigenvalue weighted by molar-refractivity contribution is 6.03. The molecule has 0 radical (unpaired) electrons. The molecule has 1 saturated heterocycles.